The van der Waals surface area contributed by atoms with E-state index >= 15 is 0 Å². The van der Waals surface area contributed by atoms with E-state index in [1.807, 2.05) is 12.1 Å². The zero-order valence-corrected chi connectivity index (χ0v) is 15.4. The predicted octanol–water partition coefficient (Wildman–Crippen LogP) is 3.61. The predicted molar refractivity (Wildman–Crippen MR) is 102 cm³/mol. The summed E-state index contributed by atoms with van der Waals surface area (Å²) in [7, 11) is 0. The van der Waals surface area contributed by atoms with Crippen LogP contribution in [0.4, 0.5) is 0 Å². The number of furan rings is 1. The minimum atomic E-state index is -0.431. The Morgan fingerprint density at radius 2 is 2.04 bits per heavy atom. The fourth-order valence-electron chi connectivity index (χ4n) is 3.46. The average molecular weight is 387 g/mol. The van der Waals surface area contributed by atoms with E-state index in [9.17, 15) is 9.59 Å². The van der Waals surface area contributed by atoms with E-state index in [4.69, 9.17) is 20.4 Å². The molecule has 0 bridgehead atoms. The van der Waals surface area contributed by atoms with Crippen molar-refractivity contribution in [2.75, 3.05) is 19.6 Å². The van der Waals surface area contributed by atoms with E-state index < -0.39 is 5.91 Å². The van der Waals surface area contributed by atoms with Crippen molar-refractivity contribution in [3.05, 3.63) is 69.4 Å². The van der Waals surface area contributed by atoms with Gasteiger partial charge in [0, 0.05) is 17.6 Å². The molecule has 4 rings (SSSR count). The second kappa shape index (κ2) is 7.58. The number of rotatable bonds is 5. The van der Waals surface area contributed by atoms with Crippen molar-refractivity contribution in [2.24, 2.45) is 0 Å². The third-order valence-corrected chi connectivity index (χ3v) is 5.06. The van der Waals surface area contributed by atoms with Crippen molar-refractivity contribution in [1.82, 2.24) is 10.2 Å². The molecule has 1 atom stereocenters. The molecule has 1 fully saturated rings. The number of hydrogen-bond acceptors (Lipinski definition) is 5. The van der Waals surface area contributed by atoms with E-state index in [0.717, 1.165) is 31.7 Å². The number of likely N-dealkylation sites (tertiary alicyclic amines) is 1. The highest BCUT2D eigenvalue weighted by molar-refractivity contribution is 6.31. The lowest BCUT2D eigenvalue weighted by Crippen LogP contribution is -2.36. The van der Waals surface area contributed by atoms with Gasteiger partial charge in [0.15, 0.2) is 11.2 Å². The Hall–Kier alpha value is -2.57. The molecule has 0 aliphatic carbocycles. The maximum absolute atomic E-state index is 12.6. The summed E-state index contributed by atoms with van der Waals surface area (Å²) >= 11 is 5.92. The van der Waals surface area contributed by atoms with Crippen molar-refractivity contribution in [3.63, 3.8) is 0 Å². The lowest BCUT2D eigenvalue weighted by atomic mass is 10.2. The molecule has 1 aliphatic rings. The van der Waals surface area contributed by atoms with Gasteiger partial charge in [0.1, 0.15) is 11.3 Å². The maximum Gasteiger partial charge on any atom is 0.287 e. The van der Waals surface area contributed by atoms with Crippen LogP contribution >= 0.6 is 11.6 Å². The van der Waals surface area contributed by atoms with Gasteiger partial charge in [0.25, 0.3) is 5.91 Å². The molecule has 2 aromatic heterocycles. The van der Waals surface area contributed by atoms with Crippen LogP contribution in [0.2, 0.25) is 5.02 Å². The SMILES string of the molecule is O=C(NC[C@@H](c1ccco1)N1CCCC1)c1cc(=O)c2cc(Cl)ccc2o1. The molecule has 7 heteroatoms. The Labute approximate surface area is 160 Å². The van der Waals surface area contributed by atoms with Gasteiger partial charge in [-0.25, -0.2) is 0 Å². The Bertz CT molecular complexity index is 1010. The highest BCUT2D eigenvalue weighted by Crippen LogP contribution is 2.25. The van der Waals surface area contributed by atoms with Gasteiger partial charge < -0.3 is 14.2 Å². The van der Waals surface area contributed by atoms with E-state index in [1.165, 1.54) is 12.1 Å². The summed E-state index contributed by atoms with van der Waals surface area (Å²) in [5.41, 5.74) is 0.0326. The molecule has 0 saturated carbocycles. The lowest BCUT2D eigenvalue weighted by molar-refractivity contribution is 0.0906. The van der Waals surface area contributed by atoms with E-state index in [0.29, 0.717) is 22.5 Å². The van der Waals surface area contributed by atoms with Crippen LogP contribution in [0.15, 0.2) is 56.3 Å². The van der Waals surface area contributed by atoms with Crippen LogP contribution in [0.5, 0.6) is 0 Å². The number of carbonyl (C=O) groups is 1. The molecular weight excluding hydrogens is 368 g/mol. The summed E-state index contributed by atoms with van der Waals surface area (Å²) in [6.07, 6.45) is 3.90. The number of benzene rings is 1. The summed E-state index contributed by atoms with van der Waals surface area (Å²) in [5.74, 6) is 0.362. The summed E-state index contributed by atoms with van der Waals surface area (Å²) in [6.45, 7) is 2.30. The highest BCUT2D eigenvalue weighted by atomic mass is 35.5. The van der Waals surface area contributed by atoms with E-state index in [1.54, 1.807) is 18.4 Å². The van der Waals surface area contributed by atoms with Crippen LogP contribution in [0, 0.1) is 0 Å². The van der Waals surface area contributed by atoms with Crippen LogP contribution in [0.25, 0.3) is 11.0 Å². The van der Waals surface area contributed by atoms with Crippen molar-refractivity contribution < 1.29 is 13.6 Å². The van der Waals surface area contributed by atoms with Crippen LogP contribution < -0.4 is 10.7 Å². The standard InChI is InChI=1S/C20H19ClN2O4/c21-13-5-6-17-14(10-13)16(24)11-19(27-17)20(25)22-12-15(18-4-3-9-26-18)23-7-1-2-8-23/h3-6,9-11,15H,1-2,7-8,12H2,(H,22,25)/t15-/m0/s1. The quantitative estimate of drug-likeness (QED) is 0.725. The topological polar surface area (TPSA) is 75.7 Å². The number of halogens is 1. The number of fused-ring (bicyclic) bond motifs is 1. The van der Waals surface area contributed by atoms with Crippen molar-refractivity contribution in [3.8, 4) is 0 Å². The molecule has 140 valence electrons. The van der Waals surface area contributed by atoms with Gasteiger partial charge in [0.05, 0.1) is 17.7 Å². The molecule has 3 heterocycles. The number of nitrogens with one attached hydrogen (secondary N) is 1. The molecule has 0 spiro atoms. The van der Waals surface area contributed by atoms with Crippen LogP contribution in [0.1, 0.15) is 35.2 Å². The molecule has 1 amide bonds. The average Bonchev–Trinajstić information content (AvgIpc) is 3.36. The Kier molecular flexibility index (Phi) is 5.01. The first-order valence-electron chi connectivity index (χ1n) is 8.91. The first kappa shape index (κ1) is 17.8. The molecule has 1 aliphatic heterocycles. The molecule has 27 heavy (non-hydrogen) atoms. The molecular formula is C20H19ClN2O4. The monoisotopic (exact) mass is 386 g/mol. The lowest BCUT2D eigenvalue weighted by Gasteiger charge is -2.25. The van der Waals surface area contributed by atoms with Gasteiger partial charge in [-0.05, 0) is 56.3 Å². The second-order valence-corrected chi connectivity index (χ2v) is 7.04. The third-order valence-electron chi connectivity index (χ3n) is 4.82. The van der Waals surface area contributed by atoms with Crippen molar-refractivity contribution in [2.45, 2.75) is 18.9 Å². The summed E-state index contributed by atoms with van der Waals surface area (Å²) in [5, 5.41) is 3.66. The third kappa shape index (κ3) is 3.77. The highest BCUT2D eigenvalue weighted by Gasteiger charge is 2.26. The minimum absolute atomic E-state index is 0.0190. The largest absolute Gasteiger partial charge is 0.468 e. The Balaban J connectivity index is 1.53. The first-order chi connectivity index (χ1) is 13.1. The molecule has 1 saturated heterocycles. The molecule has 6 nitrogen and oxygen atoms in total. The smallest absolute Gasteiger partial charge is 0.287 e. The van der Waals surface area contributed by atoms with Crippen molar-refractivity contribution >= 4 is 28.5 Å². The molecule has 0 radical (unpaired) electrons. The molecule has 0 unspecified atom stereocenters. The normalized spacial score (nSPS) is 15.9. The van der Waals surface area contributed by atoms with E-state index in [-0.39, 0.29) is 17.2 Å². The van der Waals surface area contributed by atoms with Gasteiger partial charge in [-0.2, -0.15) is 0 Å². The van der Waals surface area contributed by atoms with Crippen LogP contribution in [-0.2, 0) is 0 Å². The number of amides is 1. The number of carbonyl (C=O) groups excluding carboxylic acids is 1. The zero-order chi connectivity index (χ0) is 18.8. The fourth-order valence-corrected chi connectivity index (χ4v) is 3.63. The molecule has 1 N–H and O–H groups in total. The fraction of sp³-hybridized carbons (Fsp3) is 0.300. The molecule has 1 aromatic carbocycles. The second-order valence-electron chi connectivity index (χ2n) is 6.60. The van der Waals surface area contributed by atoms with Gasteiger partial charge in [0.2, 0.25) is 0 Å². The van der Waals surface area contributed by atoms with Crippen molar-refractivity contribution in [1.29, 1.82) is 0 Å². The number of hydrogen-bond donors (Lipinski definition) is 1. The first-order valence-corrected chi connectivity index (χ1v) is 9.29. The zero-order valence-electron chi connectivity index (χ0n) is 14.6. The summed E-state index contributed by atoms with van der Waals surface area (Å²) in [4.78, 5) is 27.1. The van der Waals surface area contributed by atoms with Crippen LogP contribution in [-0.4, -0.2) is 30.4 Å². The summed E-state index contributed by atoms with van der Waals surface area (Å²) in [6, 6.07) is 9.65. The maximum atomic E-state index is 12.6. The van der Waals surface area contributed by atoms with Gasteiger partial charge in [-0.3, -0.25) is 14.5 Å². The minimum Gasteiger partial charge on any atom is -0.468 e. The number of nitrogens with zero attached hydrogens (tertiary/aromatic N) is 1. The van der Waals surface area contributed by atoms with E-state index in [2.05, 4.69) is 10.2 Å². The van der Waals surface area contributed by atoms with Crippen LogP contribution in [0.3, 0.4) is 0 Å². The molecule has 3 aromatic rings. The Morgan fingerprint density at radius 1 is 1.22 bits per heavy atom. The van der Waals surface area contributed by atoms with Gasteiger partial charge in [-0.15, -0.1) is 0 Å². The van der Waals surface area contributed by atoms with Gasteiger partial charge in [-0.1, -0.05) is 11.6 Å². The van der Waals surface area contributed by atoms with Gasteiger partial charge >= 0.3 is 0 Å². The Morgan fingerprint density at radius 3 is 2.78 bits per heavy atom. The summed E-state index contributed by atoms with van der Waals surface area (Å²) < 4.78 is 11.2.